The van der Waals surface area contributed by atoms with E-state index in [0.29, 0.717) is 26.0 Å². The number of esters is 1. The first-order chi connectivity index (χ1) is 7.44. The fourth-order valence-corrected chi connectivity index (χ4v) is 1.50. The van der Waals surface area contributed by atoms with E-state index in [1.165, 1.54) is 0 Å². The summed E-state index contributed by atoms with van der Waals surface area (Å²) in [6.07, 6.45) is 0.625. The molecule has 1 saturated heterocycles. The Kier molecular flexibility index (Phi) is 4.44. The van der Waals surface area contributed by atoms with Crippen LogP contribution in [0, 0.1) is 5.92 Å². The maximum atomic E-state index is 11.7. The van der Waals surface area contributed by atoms with Crippen molar-refractivity contribution >= 4 is 12.3 Å². The zero-order chi connectivity index (χ0) is 12.2. The Balaban J connectivity index is 2.58. The van der Waals surface area contributed by atoms with Crippen LogP contribution in [0.4, 0.5) is 0 Å². The van der Waals surface area contributed by atoms with Gasteiger partial charge in [-0.2, -0.15) is 0 Å². The van der Waals surface area contributed by atoms with Gasteiger partial charge in [-0.15, -0.1) is 0 Å². The molecule has 0 bridgehead atoms. The van der Waals surface area contributed by atoms with Gasteiger partial charge in [0, 0.05) is 6.54 Å². The fourth-order valence-electron chi connectivity index (χ4n) is 1.50. The summed E-state index contributed by atoms with van der Waals surface area (Å²) in [6, 6.07) is -0.277. The molecule has 0 aliphatic carbocycles. The normalized spacial score (nSPS) is 23.6. The van der Waals surface area contributed by atoms with Gasteiger partial charge in [0.2, 0.25) is 0 Å². The number of carbonyl (C=O) groups excluding carboxylic acids is 2. The molecule has 1 fully saturated rings. The van der Waals surface area contributed by atoms with Crippen LogP contribution < -0.4 is 5.32 Å². The summed E-state index contributed by atoms with van der Waals surface area (Å²) in [5.41, 5.74) is -0.576. The Hall–Kier alpha value is -0.940. The third-order valence-electron chi connectivity index (χ3n) is 2.21. The standard InChI is InChI=1S/C11H19NO4/c1-11(2,3)16-10(14)8(6-13)9-7-15-5-4-12-9/h6,8-9,12H,4-5,7H2,1-3H3. The third-order valence-corrected chi connectivity index (χ3v) is 2.21. The number of nitrogens with one attached hydrogen (secondary N) is 1. The Labute approximate surface area is 95.5 Å². The number of aldehydes is 1. The smallest absolute Gasteiger partial charge is 0.318 e. The van der Waals surface area contributed by atoms with Crippen molar-refractivity contribution in [2.24, 2.45) is 5.92 Å². The lowest BCUT2D eigenvalue weighted by Crippen LogP contribution is -2.50. The van der Waals surface area contributed by atoms with Crippen LogP contribution >= 0.6 is 0 Å². The van der Waals surface area contributed by atoms with E-state index in [0.717, 1.165) is 0 Å². The molecule has 5 heteroatoms. The van der Waals surface area contributed by atoms with Gasteiger partial charge in [-0.1, -0.05) is 0 Å². The molecule has 1 aliphatic heterocycles. The molecule has 0 aromatic heterocycles. The highest BCUT2D eigenvalue weighted by Gasteiger charge is 2.33. The SMILES string of the molecule is CC(C)(C)OC(=O)C(C=O)C1COCCN1. The molecule has 0 aromatic carbocycles. The first-order valence-electron chi connectivity index (χ1n) is 5.43. The second-order valence-corrected chi connectivity index (χ2v) is 4.83. The summed E-state index contributed by atoms with van der Waals surface area (Å²) < 4.78 is 10.4. The van der Waals surface area contributed by atoms with E-state index >= 15 is 0 Å². The first-order valence-corrected chi connectivity index (χ1v) is 5.43. The van der Waals surface area contributed by atoms with E-state index < -0.39 is 17.5 Å². The Morgan fingerprint density at radius 3 is 2.69 bits per heavy atom. The molecule has 1 aliphatic rings. The molecule has 0 amide bonds. The number of carbonyl (C=O) groups is 2. The van der Waals surface area contributed by atoms with Crippen LogP contribution in [0.1, 0.15) is 20.8 Å². The van der Waals surface area contributed by atoms with Gasteiger partial charge in [0.15, 0.2) is 0 Å². The van der Waals surface area contributed by atoms with Crippen molar-refractivity contribution in [2.75, 3.05) is 19.8 Å². The topological polar surface area (TPSA) is 64.6 Å². The Bertz CT molecular complexity index is 253. The average Bonchev–Trinajstić information content (AvgIpc) is 2.17. The van der Waals surface area contributed by atoms with Crippen LogP contribution in [0.15, 0.2) is 0 Å². The molecule has 2 unspecified atom stereocenters. The highest BCUT2D eigenvalue weighted by molar-refractivity contribution is 5.89. The number of hydrogen-bond donors (Lipinski definition) is 1. The minimum atomic E-state index is -0.792. The molecule has 0 radical (unpaired) electrons. The highest BCUT2D eigenvalue weighted by atomic mass is 16.6. The number of hydrogen-bond acceptors (Lipinski definition) is 5. The summed E-state index contributed by atoms with van der Waals surface area (Å²) in [4.78, 5) is 22.7. The monoisotopic (exact) mass is 229 g/mol. The van der Waals surface area contributed by atoms with Crippen molar-refractivity contribution < 1.29 is 19.1 Å². The van der Waals surface area contributed by atoms with Gasteiger partial charge < -0.3 is 19.6 Å². The van der Waals surface area contributed by atoms with Crippen LogP contribution in [0.5, 0.6) is 0 Å². The first kappa shape index (κ1) is 13.1. The van der Waals surface area contributed by atoms with Crippen LogP contribution in [0.3, 0.4) is 0 Å². The lowest BCUT2D eigenvalue weighted by molar-refractivity contribution is -0.162. The van der Waals surface area contributed by atoms with E-state index in [2.05, 4.69) is 5.32 Å². The largest absolute Gasteiger partial charge is 0.459 e. The lowest BCUT2D eigenvalue weighted by atomic mass is 10.0. The van der Waals surface area contributed by atoms with Gasteiger partial charge in [-0.25, -0.2) is 0 Å². The summed E-state index contributed by atoms with van der Waals surface area (Å²) in [5.74, 6) is -1.29. The molecule has 5 nitrogen and oxygen atoms in total. The maximum Gasteiger partial charge on any atom is 0.318 e. The molecule has 1 rings (SSSR count). The molecule has 2 atom stereocenters. The van der Waals surface area contributed by atoms with Gasteiger partial charge in [0.05, 0.1) is 19.3 Å². The second-order valence-electron chi connectivity index (χ2n) is 4.83. The zero-order valence-electron chi connectivity index (χ0n) is 9.99. The molecule has 0 aromatic rings. The maximum absolute atomic E-state index is 11.7. The predicted molar refractivity (Wildman–Crippen MR) is 58.0 cm³/mol. The van der Waals surface area contributed by atoms with E-state index in [9.17, 15) is 9.59 Å². The van der Waals surface area contributed by atoms with Crippen molar-refractivity contribution in [3.8, 4) is 0 Å². The lowest BCUT2D eigenvalue weighted by Gasteiger charge is -2.29. The van der Waals surface area contributed by atoms with Crippen molar-refractivity contribution in [2.45, 2.75) is 32.4 Å². The number of morpholine rings is 1. The van der Waals surface area contributed by atoms with Gasteiger partial charge in [-0.3, -0.25) is 4.79 Å². The van der Waals surface area contributed by atoms with Crippen molar-refractivity contribution in [1.82, 2.24) is 5.32 Å². The van der Waals surface area contributed by atoms with Gasteiger partial charge >= 0.3 is 5.97 Å². The zero-order valence-corrected chi connectivity index (χ0v) is 9.99. The van der Waals surface area contributed by atoms with Crippen molar-refractivity contribution in [3.63, 3.8) is 0 Å². The highest BCUT2D eigenvalue weighted by Crippen LogP contribution is 2.14. The molecular formula is C11H19NO4. The minimum Gasteiger partial charge on any atom is -0.459 e. The second kappa shape index (κ2) is 5.41. The molecule has 92 valence electrons. The van der Waals surface area contributed by atoms with Crippen molar-refractivity contribution in [1.29, 1.82) is 0 Å². The fraction of sp³-hybridized carbons (Fsp3) is 0.818. The van der Waals surface area contributed by atoms with E-state index in [1.54, 1.807) is 20.8 Å². The van der Waals surface area contributed by atoms with Crippen LogP contribution in [-0.2, 0) is 19.1 Å². The van der Waals surface area contributed by atoms with Crippen LogP contribution in [-0.4, -0.2) is 43.7 Å². The van der Waals surface area contributed by atoms with Gasteiger partial charge in [-0.05, 0) is 20.8 Å². The molecule has 0 saturated carbocycles. The number of rotatable bonds is 3. The van der Waals surface area contributed by atoms with Gasteiger partial charge in [0.25, 0.3) is 0 Å². The third kappa shape index (κ3) is 3.90. The number of ether oxygens (including phenoxy) is 2. The minimum absolute atomic E-state index is 0.277. The van der Waals surface area contributed by atoms with Crippen molar-refractivity contribution in [3.05, 3.63) is 0 Å². The Morgan fingerprint density at radius 2 is 2.25 bits per heavy atom. The summed E-state index contributed by atoms with van der Waals surface area (Å²) in [5, 5.41) is 3.08. The van der Waals surface area contributed by atoms with E-state index in [1.807, 2.05) is 0 Å². The predicted octanol–water partition coefficient (Wildman–Crippen LogP) is 0.132. The molecule has 1 heterocycles. The molecule has 1 N–H and O–H groups in total. The van der Waals surface area contributed by atoms with Crippen LogP contribution in [0.2, 0.25) is 0 Å². The summed E-state index contributed by atoms with van der Waals surface area (Å²) in [7, 11) is 0. The molecular weight excluding hydrogens is 210 g/mol. The average molecular weight is 229 g/mol. The Morgan fingerprint density at radius 1 is 1.56 bits per heavy atom. The summed E-state index contributed by atoms with van der Waals surface area (Å²) >= 11 is 0. The molecule has 16 heavy (non-hydrogen) atoms. The quantitative estimate of drug-likeness (QED) is 0.423. The van der Waals surface area contributed by atoms with E-state index in [4.69, 9.17) is 9.47 Å². The van der Waals surface area contributed by atoms with Crippen LogP contribution in [0.25, 0.3) is 0 Å². The van der Waals surface area contributed by atoms with Gasteiger partial charge in [0.1, 0.15) is 17.8 Å². The van der Waals surface area contributed by atoms with E-state index in [-0.39, 0.29) is 6.04 Å². The summed E-state index contributed by atoms with van der Waals surface area (Å²) in [6.45, 7) is 6.95. The molecule has 0 spiro atoms.